The fourth-order valence-electron chi connectivity index (χ4n) is 6.23. The van der Waals surface area contributed by atoms with Gasteiger partial charge >= 0.3 is 19.8 Å². The molecule has 9 nitrogen and oxygen atoms in total. The van der Waals surface area contributed by atoms with Crippen molar-refractivity contribution in [2.24, 2.45) is 0 Å². The van der Waals surface area contributed by atoms with Gasteiger partial charge in [0, 0.05) is 12.8 Å². The standard InChI is InChI=1S/C44H86NO8P/c1-6-8-10-12-14-16-18-19-20-21-22-23-24-25-27-28-30-32-34-36-43(46)50-40-42(41-52-54(48,49)51-39-38-45(3,4)5)53-44(47)37-35-33-31-29-26-17-15-13-11-9-7-2/h13,15,42H,6-12,14,16-41H2,1-5H3/p+1/b15-13-/t42-/m1/s1. The summed E-state index contributed by atoms with van der Waals surface area (Å²) in [4.78, 5) is 35.3. The van der Waals surface area contributed by atoms with Crippen LogP contribution < -0.4 is 0 Å². The van der Waals surface area contributed by atoms with E-state index in [9.17, 15) is 19.0 Å². The highest BCUT2D eigenvalue weighted by atomic mass is 31.2. The van der Waals surface area contributed by atoms with E-state index >= 15 is 0 Å². The van der Waals surface area contributed by atoms with Crippen molar-refractivity contribution in [2.45, 2.75) is 213 Å². The molecule has 0 saturated heterocycles. The fourth-order valence-corrected chi connectivity index (χ4v) is 6.97. The van der Waals surface area contributed by atoms with Crippen LogP contribution >= 0.6 is 7.82 Å². The summed E-state index contributed by atoms with van der Waals surface area (Å²) in [5.41, 5.74) is 0. The predicted octanol–water partition coefficient (Wildman–Crippen LogP) is 12.6. The van der Waals surface area contributed by atoms with Gasteiger partial charge in [-0.1, -0.05) is 174 Å². The van der Waals surface area contributed by atoms with Gasteiger partial charge in [0.1, 0.15) is 19.8 Å². The van der Waals surface area contributed by atoms with E-state index in [1.54, 1.807) is 0 Å². The van der Waals surface area contributed by atoms with E-state index in [1.807, 2.05) is 21.1 Å². The minimum Gasteiger partial charge on any atom is -0.462 e. The van der Waals surface area contributed by atoms with Crippen molar-refractivity contribution in [3.63, 3.8) is 0 Å². The fraction of sp³-hybridized carbons (Fsp3) is 0.909. The molecular formula is C44H87NO8P+. The molecule has 0 amide bonds. The molecule has 0 saturated carbocycles. The van der Waals surface area contributed by atoms with Crippen LogP contribution in [0.25, 0.3) is 0 Å². The molecule has 0 aliphatic heterocycles. The van der Waals surface area contributed by atoms with E-state index < -0.39 is 26.5 Å². The van der Waals surface area contributed by atoms with E-state index in [-0.39, 0.29) is 25.6 Å². The number of rotatable bonds is 41. The molecule has 0 aromatic heterocycles. The monoisotopic (exact) mass is 789 g/mol. The highest BCUT2D eigenvalue weighted by molar-refractivity contribution is 7.47. The highest BCUT2D eigenvalue weighted by Crippen LogP contribution is 2.43. The Labute approximate surface area is 333 Å². The number of hydrogen-bond donors (Lipinski definition) is 1. The van der Waals surface area contributed by atoms with Crippen LogP contribution in [0.5, 0.6) is 0 Å². The third-order valence-electron chi connectivity index (χ3n) is 9.80. The smallest absolute Gasteiger partial charge is 0.462 e. The van der Waals surface area contributed by atoms with Crippen LogP contribution in [0.2, 0.25) is 0 Å². The van der Waals surface area contributed by atoms with Crippen molar-refractivity contribution in [1.82, 2.24) is 0 Å². The number of ether oxygens (including phenoxy) is 2. The minimum absolute atomic E-state index is 0.0330. The van der Waals surface area contributed by atoms with Gasteiger partial charge in [-0.2, -0.15) is 0 Å². The average Bonchev–Trinajstić information content (AvgIpc) is 3.12. The summed E-state index contributed by atoms with van der Waals surface area (Å²) in [6.07, 6.45) is 38.3. The van der Waals surface area contributed by atoms with Crippen LogP contribution in [0.1, 0.15) is 206 Å². The van der Waals surface area contributed by atoms with Crippen molar-refractivity contribution >= 4 is 19.8 Å². The number of carbonyl (C=O) groups is 2. The van der Waals surface area contributed by atoms with Crippen LogP contribution in [0.15, 0.2) is 12.2 Å². The second-order valence-electron chi connectivity index (χ2n) is 16.4. The summed E-state index contributed by atoms with van der Waals surface area (Å²) in [7, 11) is 1.48. The van der Waals surface area contributed by atoms with Gasteiger partial charge in [-0.3, -0.25) is 18.6 Å². The Morgan fingerprint density at radius 2 is 0.963 bits per heavy atom. The third kappa shape index (κ3) is 40.4. The molecule has 320 valence electrons. The Balaban J connectivity index is 4.24. The molecule has 0 radical (unpaired) electrons. The number of phosphoric acid groups is 1. The lowest BCUT2D eigenvalue weighted by atomic mass is 10.0. The first kappa shape index (κ1) is 52.8. The van der Waals surface area contributed by atoms with Gasteiger partial charge < -0.3 is 18.9 Å². The largest absolute Gasteiger partial charge is 0.472 e. The molecule has 1 unspecified atom stereocenters. The number of quaternary nitrogens is 1. The topological polar surface area (TPSA) is 108 Å². The Morgan fingerprint density at radius 3 is 1.43 bits per heavy atom. The second-order valence-corrected chi connectivity index (χ2v) is 17.9. The van der Waals surface area contributed by atoms with Crippen molar-refractivity contribution in [2.75, 3.05) is 47.5 Å². The Kier molecular flexibility index (Phi) is 36.5. The summed E-state index contributed by atoms with van der Waals surface area (Å²) >= 11 is 0. The zero-order chi connectivity index (χ0) is 40.0. The molecular weight excluding hydrogens is 701 g/mol. The summed E-state index contributed by atoms with van der Waals surface area (Å²) in [6, 6.07) is 0. The molecule has 0 spiro atoms. The molecule has 1 N–H and O–H groups in total. The number of esters is 2. The van der Waals surface area contributed by atoms with Crippen LogP contribution in [-0.2, 0) is 32.7 Å². The average molecular weight is 789 g/mol. The molecule has 0 aromatic rings. The van der Waals surface area contributed by atoms with Gasteiger partial charge in [-0.05, 0) is 32.1 Å². The van der Waals surface area contributed by atoms with Crippen molar-refractivity contribution in [3.05, 3.63) is 12.2 Å². The van der Waals surface area contributed by atoms with E-state index in [0.717, 1.165) is 57.8 Å². The lowest BCUT2D eigenvalue weighted by molar-refractivity contribution is -0.870. The van der Waals surface area contributed by atoms with Crippen molar-refractivity contribution < 1.29 is 42.1 Å². The number of likely N-dealkylation sites (N-methyl/N-ethyl adjacent to an activating group) is 1. The first-order valence-electron chi connectivity index (χ1n) is 22.4. The Hall–Kier alpha value is -1.25. The maximum absolute atomic E-state index is 12.6. The molecule has 0 fully saturated rings. The summed E-state index contributed by atoms with van der Waals surface area (Å²) in [6.45, 7) is 4.40. The maximum atomic E-state index is 12.6. The zero-order valence-corrected chi connectivity index (χ0v) is 36.9. The highest BCUT2D eigenvalue weighted by Gasteiger charge is 2.27. The molecule has 0 heterocycles. The number of nitrogens with zero attached hydrogens (tertiary/aromatic N) is 1. The molecule has 0 rings (SSSR count). The molecule has 0 aliphatic rings. The normalized spacial score (nSPS) is 13.7. The zero-order valence-electron chi connectivity index (χ0n) is 36.0. The van der Waals surface area contributed by atoms with Crippen LogP contribution in [0.4, 0.5) is 0 Å². The first-order valence-corrected chi connectivity index (χ1v) is 23.9. The molecule has 2 atom stereocenters. The van der Waals surface area contributed by atoms with Crippen LogP contribution in [-0.4, -0.2) is 74.9 Å². The van der Waals surface area contributed by atoms with Gasteiger partial charge in [0.15, 0.2) is 6.10 Å². The quantitative estimate of drug-likeness (QED) is 0.0214. The number of unbranched alkanes of at least 4 members (excludes halogenated alkanes) is 25. The molecule has 0 aliphatic carbocycles. The summed E-state index contributed by atoms with van der Waals surface area (Å²) in [5, 5.41) is 0. The summed E-state index contributed by atoms with van der Waals surface area (Å²) in [5.74, 6) is -0.800. The molecule has 0 bridgehead atoms. The number of allylic oxidation sites excluding steroid dienone is 2. The van der Waals surface area contributed by atoms with Crippen LogP contribution in [0, 0.1) is 0 Å². The van der Waals surface area contributed by atoms with Gasteiger partial charge in [0.05, 0.1) is 27.7 Å². The Morgan fingerprint density at radius 1 is 0.556 bits per heavy atom. The second kappa shape index (κ2) is 37.3. The number of phosphoric ester groups is 1. The molecule has 54 heavy (non-hydrogen) atoms. The number of hydrogen-bond acceptors (Lipinski definition) is 7. The predicted molar refractivity (Wildman–Crippen MR) is 224 cm³/mol. The lowest BCUT2D eigenvalue weighted by Crippen LogP contribution is -2.37. The van der Waals surface area contributed by atoms with E-state index in [1.165, 1.54) is 116 Å². The number of carbonyl (C=O) groups excluding carboxylic acids is 2. The Bertz CT molecular complexity index is 938. The van der Waals surface area contributed by atoms with E-state index in [4.69, 9.17) is 18.5 Å². The first-order chi connectivity index (χ1) is 26.0. The van der Waals surface area contributed by atoms with Gasteiger partial charge in [-0.15, -0.1) is 0 Å². The van der Waals surface area contributed by atoms with Crippen molar-refractivity contribution in [1.29, 1.82) is 0 Å². The minimum atomic E-state index is -4.37. The van der Waals surface area contributed by atoms with Crippen molar-refractivity contribution in [3.8, 4) is 0 Å². The lowest BCUT2D eigenvalue weighted by Gasteiger charge is -2.24. The van der Waals surface area contributed by atoms with E-state index in [2.05, 4.69) is 26.0 Å². The van der Waals surface area contributed by atoms with Gasteiger partial charge in [0.2, 0.25) is 0 Å². The molecule has 10 heteroatoms. The van der Waals surface area contributed by atoms with E-state index in [0.29, 0.717) is 23.9 Å². The summed E-state index contributed by atoms with van der Waals surface area (Å²) < 4.78 is 34.3. The third-order valence-corrected chi connectivity index (χ3v) is 10.8. The molecule has 0 aromatic carbocycles. The van der Waals surface area contributed by atoms with Gasteiger partial charge in [-0.25, -0.2) is 4.57 Å². The SMILES string of the molecule is CCCC/C=C\CCCCCCCC(=O)O[C@H](COC(=O)CCCCCCCCCCCCCCCCCCCCC)COP(=O)(O)OCC[N+](C)(C)C. The maximum Gasteiger partial charge on any atom is 0.472 e. The van der Waals surface area contributed by atoms with Crippen LogP contribution in [0.3, 0.4) is 0 Å². The van der Waals surface area contributed by atoms with Gasteiger partial charge in [0.25, 0.3) is 0 Å².